The lowest BCUT2D eigenvalue weighted by molar-refractivity contribution is 0.573. The highest BCUT2D eigenvalue weighted by Crippen LogP contribution is 2.20. The van der Waals surface area contributed by atoms with Crippen LogP contribution in [0.5, 0.6) is 0 Å². The van der Waals surface area contributed by atoms with Gasteiger partial charge in [-0.15, -0.1) is 5.10 Å². The minimum atomic E-state index is 0.190. The molecule has 5 N–H and O–H groups in total. The minimum absolute atomic E-state index is 0.190. The van der Waals surface area contributed by atoms with Crippen LogP contribution in [0.3, 0.4) is 0 Å². The van der Waals surface area contributed by atoms with Crippen LogP contribution < -0.4 is 16.4 Å². The number of hydrogen-bond acceptors (Lipinski definition) is 7. The standard InChI is InChI=1S/C23H31N9/c1-3-4-7-19(24)15-31(2)20-8-5-6-16(10-20)13-32-14-17(12-26-32)9-18-11-21(25)27-23-22(18)28-30-29-23/h5-6,8,10-12,14,19H,3-4,7,9,13,15,24H2,1-2H3,(H3,25,27,28,29,30). The van der Waals surface area contributed by atoms with E-state index in [4.69, 9.17) is 11.5 Å². The van der Waals surface area contributed by atoms with Crippen molar-refractivity contribution in [2.75, 3.05) is 24.2 Å². The van der Waals surface area contributed by atoms with Crippen molar-refractivity contribution < 1.29 is 0 Å². The van der Waals surface area contributed by atoms with Crippen LogP contribution in [-0.2, 0) is 13.0 Å². The summed E-state index contributed by atoms with van der Waals surface area (Å²) in [5, 5.41) is 15.4. The third kappa shape index (κ3) is 5.23. The van der Waals surface area contributed by atoms with Gasteiger partial charge in [0.05, 0.1) is 12.7 Å². The summed E-state index contributed by atoms with van der Waals surface area (Å²) in [6, 6.07) is 10.6. The van der Waals surface area contributed by atoms with E-state index in [-0.39, 0.29) is 6.04 Å². The predicted molar refractivity (Wildman–Crippen MR) is 127 cm³/mol. The van der Waals surface area contributed by atoms with E-state index in [9.17, 15) is 0 Å². The van der Waals surface area contributed by atoms with Gasteiger partial charge in [0.2, 0.25) is 5.65 Å². The largest absolute Gasteiger partial charge is 0.384 e. The van der Waals surface area contributed by atoms with Gasteiger partial charge in [-0.3, -0.25) is 4.68 Å². The first-order chi connectivity index (χ1) is 15.5. The topological polar surface area (TPSA) is 128 Å². The van der Waals surface area contributed by atoms with Gasteiger partial charge in [0.25, 0.3) is 0 Å². The number of nitrogen functional groups attached to an aromatic ring is 1. The van der Waals surface area contributed by atoms with E-state index in [0.717, 1.165) is 29.6 Å². The Morgan fingerprint density at radius 2 is 2.06 bits per heavy atom. The van der Waals surface area contributed by atoms with Crippen molar-refractivity contribution in [2.24, 2.45) is 5.73 Å². The monoisotopic (exact) mass is 433 g/mol. The van der Waals surface area contributed by atoms with Crippen LogP contribution >= 0.6 is 0 Å². The lowest BCUT2D eigenvalue weighted by atomic mass is 10.1. The second kappa shape index (κ2) is 9.78. The zero-order chi connectivity index (χ0) is 22.5. The molecule has 0 spiro atoms. The molecule has 0 bridgehead atoms. The van der Waals surface area contributed by atoms with Crippen molar-refractivity contribution in [1.82, 2.24) is 30.2 Å². The second-order valence-corrected chi connectivity index (χ2v) is 8.38. The molecular weight excluding hydrogens is 402 g/mol. The molecular formula is C23H31N9. The van der Waals surface area contributed by atoms with Crippen molar-refractivity contribution in [3.05, 3.63) is 59.4 Å². The predicted octanol–water partition coefficient (Wildman–Crippen LogP) is 2.72. The summed E-state index contributed by atoms with van der Waals surface area (Å²) in [6.45, 7) is 3.74. The number of hydrogen-bond donors (Lipinski definition) is 3. The van der Waals surface area contributed by atoms with E-state index in [1.54, 1.807) is 0 Å². The van der Waals surface area contributed by atoms with Crippen molar-refractivity contribution in [1.29, 1.82) is 0 Å². The molecule has 0 fully saturated rings. The van der Waals surface area contributed by atoms with Crippen LogP contribution in [0.1, 0.15) is 42.9 Å². The molecule has 0 aliphatic heterocycles. The molecule has 0 aliphatic carbocycles. The Labute approximate surface area is 187 Å². The summed E-state index contributed by atoms with van der Waals surface area (Å²) in [4.78, 5) is 6.43. The number of nitrogens with two attached hydrogens (primary N) is 2. The number of rotatable bonds is 10. The second-order valence-electron chi connectivity index (χ2n) is 8.38. The molecule has 1 unspecified atom stereocenters. The summed E-state index contributed by atoms with van der Waals surface area (Å²) in [5.74, 6) is 0.434. The molecule has 0 saturated heterocycles. The number of aromatic amines is 1. The minimum Gasteiger partial charge on any atom is -0.384 e. The number of H-pyrrole nitrogens is 1. The Morgan fingerprint density at radius 3 is 2.91 bits per heavy atom. The van der Waals surface area contributed by atoms with Gasteiger partial charge >= 0.3 is 0 Å². The maximum atomic E-state index is 6.28. The van der Waals surface area contributed by atoms with Crippen LogP contribution in [-0.4, -0.2) is 49.8 Å². The van der Waals surface area contributed by atoms with E-state index >= 15 is 0 Å². The van der Waals surface area contributed by atoms with E-state index in [1.165, 1.54) is 24.1 Å². The fourth-order valence-corrected chi connectivity index (χ4v) is 3.95. The Morgan fingerprint density at radius 1 is 1.19 bits per heavy atom. The molecule has 0 saturated carbocycles. The van der Waals surface area contributed by atoms with Gasteiger partial charge < -0.3 is 16.4 Å². The lowest BCUT2D eigenvalue weighted by Gasteiger charge is -2.24. The van der Waals surface area contributed by atoms with Crippen LogP contribution in [0.2, 0.25) is 0 Å². The Balaban J connectivity index is 1.42. The van der Waals surface area contributed by atoms with Crippen molar-refractivity contribution in [3.63, 3.8) is 0 Å². The summed E-state index contributed by atoms with van der Waals surface area (Å²) in [6.07, 6.45) is 8.00. The number of pyridine rings is 1. The zero-order valence-electron chi connectivity index (χ0n) is 18.7. The van der Waals surface area contributed by atoms with Gasteiger partial charge in [0, 0.05) is 37.9 Å². The third-order valence-corrected chi connectivity index (χ3v) is 5.60. The number of nitrogens with one attached hydrogen (secondary N) is 1. The van der Waals surface area contributed by atoms with Crippen LogP contribution in [0, 0.1) is 0 Å². The molecule has 0 aliphatic rings. The molecule has 1 atom stereocenters. The first-order valence-corrected chi connectivity index (χ1v) is 11.0. The lowest BCUT2D eigenvalue weighted by Crippen LogP contribution is -2.35. The first-order valence-electron chi connectivity index (χ1n) is 11.0. The van der Waals surface area contributed by atoms with E-state index < -0.39 is 0 Å². The number of aromatic nitrogens is 6. The summed E-state index contributed by atoms with van der Waals surface area (Å²) >= 11 is 0. The van der Waals surface area contributed by atoms with Gasteiger partial charge in [0.15, 0.2) is 0 Å². The Hall–Kier alpha value is -3.46. The highest BCUT2D eigenvalue weighted by atomic mass is 15.3. The van der Waals surface area contributed by atoms with Crippen LogP contribution in [0.4, 0.5) is 11.5 Å². The van der Waals surface area contributed by atoms with Gasteiger partial charge in [-0.25, -0.2) is 4.98 Å². The smallest absolute Gasteiger partial charge is 0.203 e. The highest BCUT2D eigenvalue weighted by molar-refractivity contribution is 5.76. The van der Waals surface area contributed by atoms with Gasteiger partial charge in [-0.05, 0) is 41.3 Å². The molecule has 0 radical (unpaired) electrons. The van der Waals surface area contributed by atoms with Gasteiger partial charge in [0.1, 0.15) is 11.3 Å². The summed E-state index contributed by atoms with van der Waals surface area (Å²) in [5.41, 5.74) is 17.9. The van der Waals surface area contributed by atoms with Crippen molar-refractivity contribution >= 4 is 22.7 Å². The van der Waals surface area contributed by atoms with Crippen molar-refractivity contribution in [3.8, 4) is 0 Å². The third-order valence-electron chi connectivity index (χ3n) is 5.60. The maximum Gasteiger partial charge on any atom is 0.203 e. The maximum absolute atomic E-state index is 6.28. The van der Waals surface area contributed by atoms with E-state index in [2.05, 4.69) is 74.8 Å². The quantitative estimate of drug-likeness (QED) is 0.351. The Kier molecular flexibility index (Phi) is 6.65. The highest BCUT2D eigenvalue weighted by Gasteiger charge is 2.11. The fraction of sp³-hybridized carbons (Fsp3) is 0.391. The number of benzene rings is 1. The average molecular weight is 434 g/mol. The molecule has 1 aromatic carbocycles. The number of fused-ring (bicyclic) bond motifs is 1. The van der Waals surface area contributed by atoms with Crippen LogP contribution in [0.15, 0.2) is 42.7 Å². The normalized spacial score (nSPS) is 12.3. The molecule has 3 heterocycles. The molecule has 9 nitrogen and oxygen atoms in total. The van der Waals surface area contributed by atoms with E-state index in [0.29, 0.717) is 24.4 Å². The SMILES string of the molecule is CCCCC(N)CN(C)c1cccc(Cn2cc(Cc3cc(N)nc4n[nH]nc34)cn2)c1. The fourth-order valence-electron chi connectivity index (χ4n) is 3.95. The van der Waals surface area contributed by atoms with Gasteiger partial charge in [-0.2, -0.15) is 15.4 Å². The Bertz CT molecular complexity index is 1160. The average Bonchev–Trinajstić information content (AvgIpc) is 3.41. The molecule has 3 aromatic heterocycles. The summed E-state index contributed by atoms with van der Waals surface area (Å²) < 4.78 is 1.95. The zero-order valence-corrected chi connectivity index (χ0v) is 18.7. The molecule has 168 valence electrons. The number of nitrogens with zero attached hydrogens (tertiary/aromatic N) is 6. The number of anilines is 2. The molecule has 0 amide bonds. The summed E-state index contributed by atoms with van der Waals surface area (Å²) in [7, 11) is 2.10. The molecule has 4 aromatic rings. The van der Waals surface area contributed by atoms with E-state index in [1.807, 2.05) is 16.9 Å². The molecule has 4 rings (SSSR count). The van der Waals surface area contributed by atoms with Crippen LogP contribution in [0.25, 0.3) is 11.2 Å². The molecule has 32 heavy (non-hydrogen) atoms. The van der Waals surface area contributed by atoms with Crippen molar-refractivity contribution in [2.45, 2.75) is 45.2 Å². The number of unbranched alkanes of at least 4 members (excludes halogenated alkanes) is 1. The number of likely N-dealkylation sites (N-methyl/N-ethyl adjacent to an activating group) is 1. The van der Waals surface area contributed by atoms with Gasteiger partial charge in [-0.1, -0.05) is 31.9 Å². The molecule has 9 heteroatoms. The first kappa shape index (κ1) is 21.8.